The van der Waals surface area contributed by atoms with Crippen LogP contribution in [0.15, 0.2) is 0 Å². The van der Waals surface area contributed by atoms with Crippen molar-refractivity contribution in [2.45, 2.75) is 12.8 Å². The van der Waals surface area contributed by atoms with Gasteiger partial charge in [-0.25, -0.2) is 0 Å². The van der Waals surface area contributed by atoms with E-state index in [0.717, 1.165) is 0 Å². The van der Waals surface area contributed by atoms with E-state index in [4.69, 9.17) is 5.11 Å². The number of esters is 1. The first-order chi connectivity index (χ1) is 4.70. The van der Waals surface area contributed by atoms with Crippen molar-refractivity contribution in [3.63, 3.8) is 0 Å². The fourth-order valence-electron chi connectivity index (χ4n) is 0.836. The van der Waals surface area contributed by atoms with E-state index >= 15 is 0 Å². The second kappa shape index (κ2) is 2.68. The third-order valence-electron chi connectivity index (χ3n) is 1.49. The predicted octanol–water partition coefficient (Wildman–Crippen LogP) is 0.0242. The Kier molecular flexibility index (Phi) is 1.89. The summed E-state index contributed by atoms with van der Waals surface area (Å²) in [6.45, 7) is 0.0359. The summed E-state index contributed by atoms with van der Waals surface area (Å²) in [5.74, 6) is -1.66. The molecule has 0 aromatic heterocycles. The number of cyclic esters (lactones) is 1. The molecule has 0 amide bonds. The lowest BCUT2D eigenvalue weighted by Gasteiger charge is -2.16. The summed E-state index contributed by atoms with van der Waals surface area (Å²) >= 11 is 0. The molecule has 0 spiro atoms. The number of carboxylic acid groups (broad SMARTS) is 1. The normalized spacial score (nSPS) is 25.6. The van der Waals surface area contributed by atoms with Crippen molar-refractivity contribution in [3.8, 4) is 0 Å². The Bertz CT molecular complexity index is 153. The van der Waals surface area contributed by atoms with Gasteiger partial charge in [-0.3, -0.25) is 9.59 Å². The van der Waals surface area contributed by atoms with E-state index in [-0.39, 0.29) is 19.0 Å². The van der Waals surface area contributed by atoms with Crippen molar-refractivity contribution in [2.24, 2.45) is 5.92 Å². The average Bonchev–Trinajstić information content (AvgIpc) is 1.88. The molecule has 1 aliphatic heterocycles. The summed E-state index contributed by atoms with van der Waals surface area (Å²) in [6, 6.07) is 0. The van der Waals surface area contributed by atoms with Gasteiger partial charge in [0.2, 0.25) is 0 Å². The standard InChI is InChI=1S/C6H8O4/c7-5-2-1-4(3-10-5)6(8)9/h4H,1-3H2,(H,8,9). The predicted molar refractivity (Wildman–Crippen MR) is 31.3 cm³/mol. The van der Waals surface area contributed by atoms with Crippen LogP contribution in [-0.4, -0.2) is 23.7 Å². The van der Waals surface area contributed by atoms with Crippen molar-refractivity contribution >= 4 is 11.9 Å². The van der Waals surface area contributed by atoms with Gasteiger partial charge < -0.3 is 9.84 Å². The highest BCUT2D eigenvalue weighted by atomic mass is 16.5. The highest BCUT2D eigenvalue weighted by molar-refractivity contribution is 5.75. The number of hydrogen-bond donors (Lipinski definition) is 1. The lowest BCUT2D eigenvalue weighted by Crippen LogP contribution is -2.27. The molecule has 1 saturated heterocycles. The van der Waals surface area contributed by atoms with Crippen molar-refractivity contribution < 1.29 is 19.4 Å². The maximum atomic E-state index is 10.4. The SMILES string of the molecule is O=C1CCC(C(=O)O)CO1. The third kappa shape index (κ3) is 1.46. The van der Waals surface area contributed by atoms with Crippen LogP contribution in [0, 0.1) is 5.92 Å². The highest BCUT2D eigenvalue weighted by Crippen LogP contribution is 2.13. The Morgan fingerprint density at radius 1 is 1.70 bits per heavy atom. The van der Waals surface area contributed by atoms with Crippen LogP contribution in [0.2, 0.25) is 0 Å². The van der Waals surface area contributed by atoms with Gasteiger partial charge in [0.15, 0.2) is 0 Å². The minimum absolute atomic E-state index is 0.0359. The van der Waals surface area contributed by atoms with Gasteiger partial charge in [-0.05, 0) is 6.42 Å². The van der Waals surface area contributed by atoms with Crippen LogP contribution in [0.1, 0.15) is 12.8 Å². The Morgan fingerprint density at radius 3 is 2.80 bits per heavy atom. The van der Waals surface area contributed by atoms with Crippen LogP contribution < -0.4 is 0 Å². The van der Waals surface area contributed by atoms with Gasteiger partial charge in [0.1, 0.15) is 6.61 Å². The van der Waals surface area contributed by atoms with E-state index < -0.39 is 11.9 Å². The first-order valence-electron chi connectivity index (χ1n) is 3.08. The zero-order chi connectivity index (χ0) is 7.56. The molecule has 0 saturated carbocycles. The lowest BCUT2D eigenvalue weighted by atomic mass is 10.0. The van der Waals surface area contributed by atoms with Gasteiger partial charge >= 0.3 is 11.9 Å². The lowest BCUT2D eigenvalue weighted by molar-refractivity contribution is -0.156. The molecule has 0 bridgehead atoms. The first-order valence-corrected chi connectivity index (χ1v) is 3.08. The maximum Gasteiger partial charge on any atom is 0.309 e. The molecule has 1 fully saturated rings. The minimum Gasteiger partial charge on any atom is -0.481 e. The van der Waals surface area contributed by atoms with Gasteiger partial charge in [0.25, 0.3) is 0 Å². The molecule has 0 aliphatic carbocycles. The molecular formula is C6H8O4. The molecule has 56 valence electrons. The molecular weight excluding hydrogens is 136 g/mol. The maximum absolute atomic E-state index is 10.4. The molecule has 4 heteroatoms. The first kappa shape index (κ1) is 7.05. The molecule has 0 aromatic rings. The molecule has 1 aliphatic rings. The number of carboxylic acids is 1. The molecule has 1 heterocycles. The topological polar surface area (TPSA) is 63.6 Å². The Morgan fingerprint density at radius 2 is 2.40 bits per heavy atom. The molecule has 10 heavy (non-hydrogen) atoms. The van der Waals surface area contributed by atoms with Crippen LogP contribution in [0.3, 0.4) is 0 Å². The van der Waals surface area contributed by atoms with Gasteiger partial charge in [-0.1, -0.05) is 0 Å². The number of rotatable bonds is 1. The quantitative estimate of drug-likeness (QED) is 0.527. The number of carbonyl (C=O) groups excluding carboxylic acids is 1. The summed E-state index contributed by atoms with van der Waals surface area (Å²) in [4.78, 5) is 20.7. The number of aliphatic carboxylic acids is 1. The molecule has 1 unspecified atom stereocenters. The van der Waals surface area contributed by atoms with E-state index in [1.807, 2.05) is 0 Å². The number of hydrogen-bond acceptors (Lipinski definition) is 3. The van der Waals surface area contributed by atoms with E-state index in [9.17, 15) is 9.59 Å². The summed E-state index contributed by atoms with van der Waals surface area (Å²) in [6.07, 6.45) is 0.644. The van der Waals surface area contributed by atoms with Gasteiger partial charge in [-0.2, -0.15) is 0 Å². The smallest absolute Gasteiger partial charge is 0.309 e. The van der Waals surface area contributed by atoms with Crippen LogP contribution in [-0.2, 0) is 14.3 Å². The Labute approximate surface area is 57.8 Å². The zero-order valence-electron chi connectivity index (χ0n) is 5.37. The van der Waals surface area contributed by atoms with Crippen molar-refractivity contribution in [3.05, 3.63) is 0 Å². The van der Waals surface area contributed by atoms with E-state index in [0.29, 0.717) is 6.42 Å². The summed E-state index contributed by atoms with van der Waals surface area (Å²) in [5.41, 5.74) is 0. The molecule has 1 rings (SSSR count). The molecule has 1 atom stereocenters. The number of ether oxygens (including phenoxy) is 1. The van der Waals surface area contributed by atoms with Crippen LogP contribution in [0.5, 0.6) is 0 Å². The van der Waals surface area contributed by atoms with E-state index in [2.05, 4.69) is 4.74 Å². The molecule has 0 aromatic carbocycles. The van der Waals surface area contributed by atoms with E-state index in [1.165, 1.54) is 0 Å². The third-order valence-corrected chi connectivity index (χ3v) is 1.49. The minimum atomic E-state index is -0.882. The fourth-order valence-corrected chi connectivity index (χ4v) is 0.836. The number of carbonyl (C=O) groups is 2. The van der Waals surface area contributed by atoms with Crippen LogP contribution in [0.25, 0.3) is 0 Å². The Hall–Kier alpha value is -1.06. The fraction of sp³-hybridized carbons (Fsp3) is 0.667. The second-order valence-corrected chi connectivity index (χ2v) is 2.26. The second-order valence-electron chi connectivity index (χ2n) is 2.26. The Balaban J connectivity index is 2.40. The summed E-state index contributed by atoms with van der Waals surface area (Å²) in [7, 11) is 0. The van der Waals surface area contributed by atoms with Crippen LogP contribution in [0.4, 0.5) is 0 Å². The molecule has 0 radical (unpaired) electrons. The van der Waals surface area contributed by atoms with Crippen molar-refractivity contribution in [2.75, 3.05) is 6.61 Å². The monoisotopic (exact) mass is 144 g/mol. The van der Waals surface area contributed by atoms with Crippen molar-refractivity contribution in [1.82, 2.24) is 0 Å². The van der Waals surface area contributed by atoms with Gasteiger partial charge in [0.05, 0.1) is 5.92 Å². The summed E-state index contributed by atoms with van der Waals surface area (Å²) in [5, 5.41) is 8.43. The zero-order valence-corrected chi connectivity index (χ0v) is 5.37. The highest BCUT2D eigenvalue weighted by Gasteiger charge is 2.25. The van der Waals surface area contributed by atoms with E-state index in [1.54, 1.807) is 0 Å². The largest absolute Gasteiger partial charge is 0.481 e. The van der Waals surface area contributed by atoms with Crippen molar-refractivity contribution in [1.29, 1.82) is 0 Å². The molecule has 4 nitrogen and oxygen atoms in total. The van der Waals surface area contributed by atoms with Gasteiger partial charge in [0, 0.05) is 6.42 Å². The summed E-state index contributed by atoms with van der Waals surface area (Å²) < 4.78 is 4.53. The average molecular weight is 144 g/mol. The molecule has 1 N–H and O–H groups in total. The van der Waals surface area contributed by atoms with Crippen LogP contribution >= 0.6 is 0 Å². The van der Waals surface area contributed by atoms with Gasteiger partial charge in [-0.15, -0.1) is 0 Å².